The molecule has 0 aliphatic carbocycles. The Labute approximate surface area is 175 Å². The molecular weight excluding hydrogens is 386 g/mol. The highest BCUT2D eigenvalue weighted by atomic mass is 32.2. The first kappa shape index (κ1) is 21.1. The number of methoxy groups -OCH3 is 2. The molecule has 1 heterocycles. The number of rotatable bonds is 10. The van der Waals surface area contributed by atoms with Gasteiger partial charge in [-0.2, -0.15) is 0 Å². The molecule has 1 aromatic heterocycles. The average molecular weight is 412 g/mol. The van der Waals surface area contributed by atoms with Gasteiger partial charge in [0.1, 0.15) is 11.6 Å². The first-order valence-electron chi connectivity index (χ1n) is 9.38. The minimum absolute atomic E-state index is 0.0345. The summed E-state index contributed by atoms with van der Waals surface area (Å²) >= 11 is 1.57. The van der Waals surface area contributed by atoms with Gasteiger partial charge >= 0.3 is 0 Å². The van der Waals surface area contributed by atoms with Crippen molar-refractivity contribution in [2.24, 2.45) is 0 Å². The maximum absolute atomic E-state index is 11.7. The summed E-state index contributed by atoms with van der Waals surface area (Å²) in [6, 6.07) is 15.7. The van der Waals surface area contributed by atoms with Crippen LogP contribution in [-0.2, 0) is 23.5 Å². The Morgan fingerprint density at radius 2 is 1.90 bits per heavy atom. The third-order valence-electron chi connectivity index (χ3n) is 4.56. The lowest BCUT2D eigenvalue weighted by atomic mass is 10.1. The molecular formula is C22H25N3O3S. The molecule has 0 saturated heterocycles. The molecule has 3 rings (SSSR count). The Morgan fingerprint density at radius 3 is 2.59 bits per heavy atom. The summed E-state index contributed by atoms with van der Waals surface area (Å²) in [6.07, 6.45) is 0.710. The Hall–Kier alpha value is -2.64. The molecule has 0 atom stereocenters. The van der Waals surface area contributed by atoms with Gasteiger partial charge in [0.05, 0.1) is 13.7 Å². The fourth-order valence-corrected chi connectivity index (χ4v) is 3.96. The minimum atomic E-state index is 0.0345. The van der Waals surface area contributed by atoms with E-state index >= 15 is 0 Å². The third kappa shape index (κ3) is 5.46. The van der Waals surface area contributed by atoms with Crippen molar-refractivity contribution in [1.29, 1.82) is 0 Å². The van der Waals surface area contributed by atoms with Crippen LogP contribution in [0.3, 0.4) is 0 Å². The van der Waals surface area contributed by atoms with E-state index in [4.69, 9.17) is 9.47 Å². The highest BCUT2D eigenvalue weighted by molar-refractivity contribution is 7.98. The molecule has 6 nitrogen and oxygen atoms in total. The number of ether oxygens (including phenoxy) is 2. The van der Waals surface area contributed by atoms with Crippen molar-refractivity contribution < 1.29 is 14.3 Å². The van der Waals surface area contributed by atoms with Crippen LogP contribution >= 0.6 is 11.8 Å². The van der Waals surface area contributed by atoms with Gasteiger partial charge in [0.15, 0.2) is 10.9 Å². The zero-order valence-corrected chi connectivity index (χ0v) is 17.7. The monoisotopic (exact) mass is 411 g/mol. The van der Waals surface area contributed by atoms with Crippen molar-refractivity contribution >= 4 is 17.5 Å². The van der Waals surface area contributed by atoms with Crippen LogP contribution in [0.4, 0.5) is 0 Å². The molecule has 0 spiro atoms. The summed E-state index contributed by atoms with van der Waals surface area (Å²) in [7, 11) is 3.32. The summed E-state index contributed by atoms with van der Waals surface area (Å²) in [4.78, 5) is 11.7. The number of hydrogen-bond donors (Lipinski definition) is 0. The Kier molecular flexibility index (Phi) is 7.43. The number of ketones is 1. The maximum Gasteiger partial charge on any atom is 0.191 e. The maximum atomic E-state index is 11.7. The number of Topliss-reactive ketones (excluding diaryl/α,β-unsaturated/α-hetero) is 1. The molecule has 7 heteroatoms. The smallest absolute Gasteiger partial charge is 0.191 e. The second-order valence-corrected chi connectivity index (χ2v) is 7.52. The summed E-state index contributed by atoms with van der Waals surface area (Å²) < 4.78 is 12.8. The van der Waals surface area contributed by atoms with E-state index in [1.54, 1.807) is 39.0 Å². The van der Waals surface area contributed by atoms with Crippen LogP contribution in [0.2, 0.25) is 0 Å². The molecule has 0 aliphatic heterocycles. The van der Waals surface area contributed by atoms with Crippen molar-refractivity contribution in [2.45, 2.75) is 30.8 Å². The van der Waals surface area contributed by atoms with Crippen LogP contribution in [0.15, 0.2) is 53.7 Å². The summed E-state index contributed by atoms with van der Waals surface area (Å²) in [6.45, 7) is 2.82. The fourth-order valence-electron chi connectivity index (χ4n) is 2.99. The summed E-state index contributed by atoms with van der Waals surface area (Å²) in [5.74, 6) is 2.32. The molecule has 0 aliphatic rings. The predicted octanol–water partition coefficient (Wildman–Crippen LogP) is 4.02. The average Bonchev–Trinajstić information content (AvgIpc) is 3.12. The molecule has 0 radical (unpaired) electrons. The quantitative estimate of drug-likeness (QED) is 0.371. The number of hydrogen-bond acceptors (Lipinski definition) is 6. The second kappa shape index (κ2) is 10.2. The second-order valence-electron chi connectivity index (χ2n) is 6.58. The SMILES string of the molecule is COCCn1c(Cc2ccccc2)nnc1SCc1cc(C(C)=O)ccc1OC. The highest BCUT2D eigenvalue weighted by Gasteiger charge is 2.15. The van der Waals surface area contributed by atoms with Crippen LogP contribution in [0.1, 0.15) is 34.2 Å². The van der Waals surface area contributed by atoms with Gasteiger partial charge in [0.25, 0.3) is 0 Å². The van der Waals surface area contributed by atoms with Crippen LogP contribution in [0.5, 0.6) is 5.75 Å². The van der Waals surface area contributed by atoms with E-state index in [0.717, 1.165) is 22.3 Å². The molecule has 0 bridgehead atoms. The Bertz CT molecular complexity index is 957. The van der Waals surface area contributed by atoms with Crippen LogP contribution in [-0.4, -0.2) is 41.4 Å². The first-order chi connectivity index (χ1) is 14.1. The van der Waals surface area contributed by atoms with Crippen molar-refractivity contribution in [3.05, 3.63) is 71.0 Å². The number of carbonyl (C=O) groups is 1. The first-order valence-corrected chi connectivity index (χ1v) is 10.4. The van der Waals surface area contributed by atoms with Crippen molar-refractivity contribution in [3.63, 3.8) is 0 Å². The number of aromatic nitrogens is 3. The predicted molar refractivity (Wildman–Crippen MR) is 114 cm³/mol. The van der Waals surface area contributed by atoms with E-state index in [1.807, 2.05) is 30.3 Å². The van der Waals surface area contributed by atoms with E-state index in [-0.39, 0.29) is 5.78 Å². The number of benzene rings is 2. The van der Waals surface area contributed by atoms with E-state index in [2.05, 4.69) is 26.9 Å². The molecule has 2 aromatic carbocycles. The van der Waals surface area contributed by atoms with Gasteiger partial charge in [-0.3, -0.25) is 4.79 Å². The molecule has 0 fully saturated rings. The summed E-state index contributed by atoms with van der Waals surface area (Å²) in [5, 5.41) is 9.64. The van der Waals surface area contributed by atoms with Gasteiger partial charge in [-0.1, -0.05) is 42.1 Å². The van der Waals surface area contributed by atoms with Crippen LogP contribution in [0.25, 0.3) is 0 Å². The van der Waals surface area contributed by atoms with Gasteiger partial charge in [0.2, 0.25) is 0 Å². The third-order valence-corrected chi connectivity index (χ3v) is 5.58. The standard InChI is InChI=1S/C22H25N3O3S/c1-16(26)18-9-10-20(28-3)19(14-18)15-29-22-24-23-21(25(22)11-12-27-2)13-17-7-5-4-6-8-17/h4-10,14H,11-13,15H2,1-3H3. The van der Waals surface area contributed by atoms with Crippen LogP contribution < -0.4 is 4.74 Å². The molecule has 0 amide bonds. The van der Waals surface area contributed by atoms with Crippen molar-refractivity contribution in [2.75, 3.05) is 20.8 Å². The van der Waals surface area contributed by atoms with Crippen molar-refractivity contribution in [1.82, 2.24) is 14.8 Å². The number of nitrogens with zero attached hydrogens (tertiary/aromatic N) is 3. The molecule has 0 unspecified atom stereocenters. The topological polar surface area (TPSA) is 66.2 Å². The van der Waals surface area contributed by atoms with Gasteiger partial charge in [-0.25, -0.2) is 0 Å². The molecule has 29 heavy (non-hydrogen) atoms. The molecule has 3 aromatic rings. The number of thioether (sulfide) groups is 1. The molecule has 0 saturated carbocycles. The van der Waals surface area contributed by atoms with Gasteiger partial charge in [0, 0.05) is 37.0 Å². The van der Waals surface area contributed by atoms with Gasteiger partial charge in [-0.05, 0) is 30.7 Å². The van der Waals surface area contributed by atoms with Gasteiger partial charge in [-0.15, -0.1) is 10.2 Å². The number of carbonyl (C=O) groups excluding carboxylic acids is 1. The van der Waals surface area contributed by atoms with Crippen LogP contribution in [0, 0.1) is 0 Å². The largest absolute Gasteiger partial charge is 0.496 e. The van der Waals surface area contributed by atoms with E-state index in [0.29, 0.717) is 30.9 Å². The Morgan fingerprint density at radius 1 is 1.10 bits per heavy atom. The zero-order valence-electron chi connectivity index (χ0n) is 16.9. The Balaban J connectivity index is 1.82. The molecule has 152 valence electrons. The van der Waals surface area contributed by atoms with Gasteiger partial charge < -0.3 is 14.0 Å². The normalized spacial score (nSPS) is 10.9. The zero-order chi connectivity index (χ0) is 20.6. The van der Waals surface area contributed by atoms with Crippen molar-refractivity contribution in [3.8, 4) is 5.75 Å². The minimum Gasteiger partial charge on any atom is -0.496 e. The fraction of sp³-hybridized carbons (Fsp3) is 0.318. The van der Waals surface area contributed by atoms with E-state index in [1.165, 1.54) is 5.56 Å². The molecule has 0 N–H and O–H groups in total. The van der Waals surface area contributed by atoms with E-state index < -0.39 is 0 Å². The lowest BCUT2D eigenvalue weighted by molar-refractivity contribution is 0.101. The van der Waals surface area contributed by atoms with E-state index in [9.17, 15) is 4.79 Å². The lowest BCUT2D eigenvalue weighted by Crippen LogP contribution is -2.10. The summed E-state index contributed by atoms with van der Waals surface area (Å²) in [5.41, 5.74) is 2.81. The lowest BCUT2D eigenvalue weighted by Gasteiger charge is -2.12. The highest BCUT2D eigenvalue weighted by Crippen LogP contribution is 2.29.